The first-order valence-corrected chi connectivity index (χ1v) is 4.29. The van der Waals surface area contributed by atoms with Crippen molar-refractivity contribution in [2.75, 3.05) is 0 Å². The van der Waals surface area contributed by atoms with Crippen LogP contribution in [0.3, 0.4) is 0 Å². The van der Waals surface area contributed by atoms with Crippen LogP contribution < -0.4 is 11.1 Å². The van der Waals surface area contributed by atoms with Crippen molar-refractivity contribution in [2.24, 2.45) is 5.73 Å². The Morgan fingerprint density at radius 3 is 2.92 bits per heavy atom. The molecule has 2 rings (SSSR count). The summed E-state index contributed by atoms with van der Waals surface area (Å²) < 4.78 is 5.04. The van der Waals surface area contributed by atoms with Crippen LogP contribution in [0.4, 0.5) is 0 Å². The lowest BCUT2D eigenvalue weighted by Gasteiger charge is -2.00. The number of hydrogen-bond acceptors (Lipinski definition) is 3. The average Bonchev–Trinajstić information content (AvgIpc) is 2.62. The molecule has 13 heavy (non-hydrogen) atoms. The number of carbonyl (C=O) groups excluding carboxylic acids is 1. The van der Waals surface area contributed by atoms with Crippen LogP contribution in [0, 0.1) is 6.92 Å². The molecule has 3 N–H and O–H groups in total. The number of nitrogens with one attached hydrogen (secondary N) is 1. The number of aryl methyl sites for hydroxylation is 1. The quantitative estimate of drug-likeness (QED) is 0.693. The molecule has 0 saturated heterocycles. The molecule has 2 unspecified atom stereocenters. The molecule has 1 amide bonds. The Morgan fingerprint density at radius 1 is 1.77 bits per heavy atom. The molecule has 0 bridgehead atoms. The van der Waals surface area contributed by atoms with Gasteiger partial charge in [0.15, 0.2) is 5.76 Å². The van der Waals surface area contributed by atoms with E-state index >= 15 is 0 Å². The van der Waals surface area contributed by atoms with E-state index in [4.69, 9.17) is 10.2 Å². The van der Waals surface area contributed by atoms with Gasteiger partial charge in [0.2, 0.25) is 0 Å². The van der Waals surface area contributed by atoms with Crippen molar-refractivity contribution in [3.63, 3.8) is 0 Å². The van der Waals surface area contributed by atoms with Gasteiger partial charge >= 0.3 is 0 Å². The Balaban J connectivity index is 2.01. The number of carbonyl (C=O) groups is 1. The Morgan fingerprint density at radius 2 is 2.46 bits per heavy atom. The minimum Gasteiger partial charge on any atom is -0.459 e. The van der Waals surface area contributed by atoms with Crippen molar-refractivity contribution in [3.8, 4) is 0 Å². The SMILES string of the molecule is Cc1ccoc1C(=O)NC1CC1N. The van der Waals surface area contributed by atoms with Crippen LogP contribution in [0.1, 0.15) is 22.5 Å². The fraction of sp³-hybridized carbons (Fsp3) is 0.444. The van der Waals surface area contributed by atoms with Crippen LogP contribution in [-0.2, 0) is 0 Å². The third-order valence-corrected chi connectivity index (χ3v) is 2.22. The van der Waals surface area contributed by atoms with E-state index in [0.29, 0.717) is 5.76 Å². The molecule has 1 aliphatic carbocycles. The first-order chi connectivity index (χ1) is 6.18. The van der Waals surface area contributed by atoms with Gasteiger partial charge in [-0.05, 0) is 19.4 Å². The van der Waals surface area contributed by atoms with Crippen LogP contribution in [0.5, 0.6) is 0 Å². The van der Waals surface area contributed by atoms with E-state index in [-0.39, 0.29) is 18.0 Å². The van der Waals surface area contributed by atoms with Gasteiger partial charge in [0, 0.05) is 17.6 Å². The molecule has 4 nitrogen and oxygen atoms in total. The molecular formula is C9H12N2O2. The van der Waals surface area contributed by atoms with Gasteiger partial charge in [0.25, 0.3) is 5.91 Å². The second-order valence-corrected chi connectivity index (χ2v) is 3.41. The lowest BCUT2D eigenvalue weighted by molar-refractivity contribution is 0.0921. The standard InChI is InChI=1S/C9H12N2O2/c1-5-2-3-13-8(5)9(12)11-7-4-6(7)10/h2-3,6-7H,4,10H2,1H3,(H,11,12). The van der Waals surface area contributed by atoms with Gasteiger partial charge < -0.3 is 15.5 Å². The highest BCUT2D eigenvalue weighted by molar-refractivity contribution is 5.93. The number of rotatable bonds is 2. The predicted octanol–water partition coefficient (Wildman–Crippen LogP) is 0.417. The summed E-state index contributed by atoms with van der Waals surface area (Å²) in [7, 11) is 0. The molecule has 0 aromatic carbocycles. The van der Waals surface area contributed by atoms with Gasteiger partial charge in [0.1, 0.15) is 0 Å². The van der Waals surface area contributed by atoms with Crippen molar-refractivity contribution in [1.29, 1.82) is 0 Å². The molecule has 0 aliphatic heterocycles. The van der Waals surface area contributed by atoms with Gasteiger partial charge in [-0.3, -0.25) is 4.79 Å². The van der Waals surface area contributed by atoms with E-state index < -0.39 is 0 Å². The van der Waals surface area contributed by atoms with Crippen molar-refractivity contribution >= 4 is 5.91 Å². The molecule has 1 aromatic rings. The van der Waals surface area contributed by atoms with Crippen molar-refractivity contribution in [1.82, 2.24) is 5.32 Å². The molecule has 1 aromatic heterocycles. The van der Waals surface area contributed by atoms with Crippen LogP contribution in [0.2, 0.25) is 0 Å². The van der Waals surface area contributed by atoms with Gasteiger partial charge in [0.05, 0.1) is 6.26 Å². The molecule has 1 heterocycles. The van der Waals surface area contributed by atoms with E-state index in [1.54, 1.807) is 6.07 Å². The highest BCUT2D eigenvalue weighted by Crippen LogP contribution is 2.19. The van der Waals surface area contributed by atoms with E-state index in [0.717, 1.165) is 12.0 Å². The molecule has 1 fully saturated rings. The zero-order valence-electron chi connectivity index (χ0n) is 7.41. The zero-order valence-corrected chi connectivity index (χ0v) is 7.41. The summed E-state index contributed by atoms with van der Waals surface area (Å²) in [5.41, 5.74) is 6.41. The highest BCUT2D eigenvalue weighted by atomic mass is 16.3. The lowest BCUT2D eigenvalue weighted by atomic mass is 10.3. The van der Waals surface area contributed by atoms with Gasteiger partial charge in [-0.15, -0.1) is 0 Å². The molecule has 70 valence electrons. The van der Waals surface area contributed by atoms with Crippen molar-refractivity contribution in [3.05, 3.63) is 23.7 Å². The molecule has 2 atom stereocenters. The van der Waals surface area contributed by atoms with Gasteiger partial charge in [-0.1, -0.05) is 0 Å². The van der Waals surface area contributed by atoms with Crippen molar-refractivity contribution < 1.29 is 9.21 Å². The van der Waals surface area contributed by atoms with E-state index in [9.17, 15) is 4.79 Å². The Hall–Kier alpha value is -1.29. The number of hydrogen-bond donors (Lipinski definition) is 2. The summed E-state index contributed by atoms with van der Waals surface area (Å²) in [6.07, 6.45) is 2.38. The third-order valence-electron chi connectivity index (χ3n) is 2.22. The number of amides is 1. The first-order valence-electron chi connectivity index (χ1n) is 4.29. The normalized spacial score (nSPS) is 25.7. The minimum absolute atomic E-state index is 0.124. The molecular weight excluding hydrogens is 168 g/mol. The second-order valence-electron chi connectivity index (χ2n) is 3.41. The van der Waals surface area contributed by atoms with E-state index in [2.05, 4.69) is 5.32 Å². The molecule has 0 spiro atoms. The maximum Gasteiger partial charge on any atom is 0.287 e. The fourth-order valence-corrected chi connectivity index (χ4v) is 1.22. The monoisotopic (exact) mass is 180 g/mol. The van der Waals surface area contributed by atoms with Crippen molar-refractivity contribution in [2.45, 2.75) is 25.4 Å². The Bertz CT molecular complexity index is 332. The lowest BCUT2D eigenvalue weighted by Crippen LogP contribution is -2.29. The Kier molecular flexibility index (Phi) is 1.84. The maximum atomic E-state index is 11.5. The van der Waals surface area contributed by atoms with Crippen LogP contribution >= 0.6 is 0 Å². The van der Waals surface area contributed by atoms with E-state index in [1.165, 1.54) is 6.26 Å². The first kappa shape index (κ1) is 8.31. The number of furan rings is 1. The highest BCUT2D eigenvalue weighted by Gasteiger charge is 2.35. The summed E-state index contributed by atoms with van der Waals surface area (Å²) in [5, 5.41) is 2.79. The molecule has 1 saturated carbocycles. The maximum absolute atomic E-state index is 11.5. The molecule has 1 aliphatic rings. The fourth-order valence-electron chi connectivity index (χ4n) is 1.22. The largest absolute Gasteiger partial charge is 0.459 e. The average molecular weight is 180 g/mol. The minimum atomic E-state index is -0.166. The summed E-state index contributed by atoms with van der Waals surface area (Å²) >= 11 is 0. The summed E-state index contributed by atoms with van der Waals surface area (Å²) in [6.45, 7) is 1.84. The third kappa shape index (κ3) is 1.58. The smallest absolute Gasteiger partial charge is 0.287 e. The summed E-state index contributed by atoms with van der Waals surface area (Å²) in [6, 6.07) is 2.03. The van der Waals surface area contributed by atoms with Gasteiger partial charge in [-0.2, -0.15) is 0 Å². The van der Waals surface area contributed by atoms with Crippen LogP contribution in [0.15, 0.2) is 16.7 Å². The van der Waals surface area contributed by atoms with E-state index in [1.807, 2.05) is 6.92 Å². The second kappa shape index (κ2) is 2.88. The predicted molar refractivity (Wildman–Crippen MR) is 47.3 cm³/mol. The van der Waals surface area contributed by atoms with Crippen LogP contribution in [0.25, 0.3) is 0 Å². The number of nitrogens with two attached hydrogens (primary N) is 1. The van der Waals surface area contributed by atoms with Gasteiger partial charge in [-0.25, -0.2) is 0 Å². The molecule has 0 radical (unpaired) electrons. The Labute approximate surface area is 76.1 Å². The summed E-state index contributed by atoms with van der Waals surface area (Å²) in [4.78, 5) is 11.5. The zero-order chi connectivity index (χ0) is 9.42. The summed E-state index contributed by atoms with van der Waals surface area (Å²) in [5.74, 6) is 0.222. The van der Waals surface area contributed by atoms with Crippen LogP contribution in [-0.4, -0.2) is 18.0 Å². The topological polar surface area (TPSA) is 68.3 Å². The molecule has 4 heteroatoms.